The van der Waals surface area contributed by atoms with Crippen molar-refractivity contribution in [3.05, 3.63) is 35.9 Å². The topological polar surface area (TPSA) is 75.6 Å². The van der Waals surface area contributed by atoms with Crippen molar-refractivity contribution in [2.24, 2.45) is 0 Å². The Kier molecular flexibility index (Phi) is 4.75. The van der Waals surface area contributed by atoms with E-state index in [1.807, 2.05) is 0 Å². The highest BCUT2D eigenvalue weighted by Gasteiger charge is 2.00. The van der Waals surface area contributed by atoms with E-state index in [4.69, 9.17) is 9.84 Å². The molecule has 0 bridgehead atoms. The van der Waals surface area contributed by atoms with E-state index >= 15 is 0 Å². The van der Waals surface area contributed by atoms with Crippen LogP contribution in [0.5, 0.6) is 0 Å². The van der Waals surface area contributed by atoms with Crippen LogP contribution in [0.2, 0.25) is 0 Å². The van der Waals surface area contributed by atoms with Gasteiger partial charge in [-0.15, -0.1) is 0 Å². The predicted molar refractivity (Wildman–Crippen MR) is 63.8 cm³/mol. The largest absolute Gasteiger partial charge is 0.478 e. The number of carboxylic acid groups (broad SMARTS) is 1. The summed E-state index contributed by atoms with van der Waals surface area (Å²) >= 11 is 0. The second-order valence-corrected chi connectivity index (χ2v) is 3.14. The van der Waals surface area contributed by atoms with Gasteiger partial charge in [-0.2, -0.15) is 0 Å². The Morgan fingerprint density at radius 1 is 1.35 bits per heavy atom. The van der Waals surface area contributed by atoms with Gasteiger partial charge in [-0.25, -0.2) is 9.59 Å². The van der Waals surface area contributed by atoms with Crippen LogP contribution in [-0.2, 0) is 9.53 Å². The molecule has 0 aliphatic heterocycles. The molecule has 0 spiro atoms. The Labute approximate surface area is 98.7 Å². The van der Waals surface area contributed by atoms with Crippen molar-refractivity contribution in [2.45, 2.75) is 6.92 Å². The van der Waals surface area contributed by atoms with Gasteiger partial charge in [0.25, 0.3) is 0 Å². The molecule has 0 unspecified atom stereocenters. The summed E-state index contributed by atoms with van der Waals surface area (Å²) in [5, 5.41) is 11.0. The molecule has 0 atom stereocenters. The van der Waals surface area contributed by atoms with Gasteiger partial charge in [0.2, 0.25) is 0 Å². The smallest absolute Gasteiger partial charge is 0.411 e. The lowest BCUT2D eigenvalue weighted by atomic mass is 10.2. The highest BCUT2D eigenvalue weighted by molar-refractivity contribution is 5.86. The summed E-state index contributed by atoms with van der Waals surface area (Å²) < 4.78 is 4.71. The van der Waals surface area contributed by atoms with Gasteiger partial charge in [-0.3, -0.25) is 5.32 Å². The molecule has 5 heteroatoms. The van der Waals surface area contributed by atoms with E-state index in [0.29, 0.717) is 12.3 Å². The van der Waals surface area contributed by atoms with Gasteiger partial charge in [0.05, 0.1) is 6.61 Å². The van der Waals surface area contributed by atoms with Crippen LogP contribution >= 0.6 is 0 Å². The second kappa shape index (κ2) is 6.32. The third kappa shape index (κ3) is 4.83. The SMILES string of the molecule is CCOC(=O)Nc1ccc(/C=C/C(=O)O)cc1. The Balaban J connectivity index is 2.62. The molecule has 0 radical (unpaired) electrons. The molecule has 0 fully saturated rings. The van der Waals surface area contributed by atoms with Gasteiger partial charge >= 0.3 is 12.1 Å². The highest BCUT2D eigenvalue weighted by Crippen LogP contribution is 2.11. The fourth-order valence-electron chi connectivity index (χ4n) is 1.13. The molecular weight excluding hydrogens is 222 g/mol. The van der Waals surface area contributed by atoms with Crippen molar-refractivity contribution < 1.29 is 19.4 Å². The first-order chi connectivity index (χ1) is 8.11. The van der Waals surface area contributed by atoms with Crippen molar-refractivity contribution in [1.29, 1.82) is 0 Å². The number of rotatable bonds is 4. The van der Waals surface area contributed by atoms with Crippen LogP contribution in [0.3, 0.4) is 0 Å². The van der Waals surface area contributed by atoms with Gasteiger partial charge < -0.3 is 9.84 Å². The zero-order valence-corrected chi connectivity index (χ0v) is 9.34. The lowest BCUT2D eigenvalue weighted by Gasteiger charge is -2.04. The fourth-order valence-corrected chi connectivity index (χ4v) is 1.13. The number of ether oxygens (including phenoxy) is 1. The number of anilines is 1. The highest BCUT2D eigenvalue weighted by atomic mass is 16.5. The summed E-state index contributed by atoms with van der Waals surface area (Å²) in [4.78, 5) is 21.4. The minimum absolute atomic E-state index is 0.311. The van der Waals surface area contributed by atoms with E-state index in [1.165, 1.54) is 6.08 Å². The van der Waals surface area contributed by atoms with Gasteiger partial charge in [-0.1, -0.05) is 12.1 Å². The van der Waals surface area contributed by atoms with E-state index in [9.17, 15) is 9.59 Å². The minimum atomic E-state index is -1.00. The molecule has 1 amide bonds. The number of carboxylic acids is 1. The lowest BCUT2D eigenvalue weighted by molar-refractivity contribution is -0.131. The summed E-state index contributed by atoms with van der Waals surface area (Å²) in [6.07, 6.45) is 2.01. The quantitative estimate of drug-likeness (QED) is 0.785. The van der Waals surface area contributed by atoms with Crippen LogP contribution in [0.15, 0.2) is 30.3 Å². The minimum Gasteiger partial charge on any atom is -0.478 e. The summed E-state index contributed by atoms with van der Waals surface area (Å²) in [5.41, 5.74) is 1.33. The first-order valence-corrected chi connectivity index (χ1v) is 5.06. The van der Waals surface area contributed by atoms with Crippen LogP contribution in [0, 0.1) is 0 Å². The maximum Gasteiger partial charge on any atom is 0.411 e. The number of hydrogen-bond donors (Lipinski definition) is 2. The molecule has 1 aromatic carbocycles. The van der Waals surface area contributed by atoms with Crippen LogP contribution in [0.25, 0.3) is 6.08 Å². The molecular formula is C12H13NO4. The summed E-state index contributed by atoms with van der Waals surface area (Å²) in [5.74, 6) is -1.00. The third-order valence-corrected chi connectivity index (χ3v) is 1.85. The Bertz CT molecular complexity index is 423. The number of hydrogen-bond acceptors (Lipinski definition) is 3. The van der Waals surface area contributed by atoms with Gasteiger partial charge in [0.15, 0.2) is 0 Å². The summed E-state index contributed by atoms with van der Waals surface area (Å²) in [6, 6.07) is 6.72. The second-order valence-electron chi connectivity index (χ2n) is 3.14. The Morgan fingerprint density at radius 3 is 2.53 bits per heavy atom. The predicted octanol–water partition coefficient (Wildman–Crippen LogP) is 2.35. The molecule has 1 aromatic rings. The first-order valence-electron chi connectivity index (χ1n) is 5.06. The Hall–Kier alpha value is -2.30. The van der Waals surface area contributed by atoms with Crippen LogP contribution in [-0.4, -0.2) is 23.8 Å². The Morgan fingerprint density at radius 2 is 2.00 bits per heavy atom. The molecule has 0 saturated heterocycles. The number of carbonyl (C=O) groups is 2. The van der Waals surface area contributed by atoms with E-state index < -0.39 is 12.1 Å². The van der Waals surface area contributed by atoms with Crippen molar-refractivity contribution in [2.75, 3.05) is 11.9 Å². The summed E-state index contributed by atoms with van der Waals surface area (Å²) in [6.45, 7) is 2.03. The van der Waals surface area contributed by atoms with E-state index in [1.54, 1.807) is 31.2 Å². The molecule has 90 valence electrons. The zero-order chi connectivity index (χ0) is 12.7. The number of amides is 1. The molecule has 0 aromatic heterocycles. The van der Waals surface area contributed by atoms with Crippen LogP contribution < -0.4 is 5.32 Å². The monoisotopic (exact) mass is 235 g/mol. The molecule has 2 N–H and O–H groups in total. The maximum atomic E-state index is 11.1. The van der Waals surface area contributed by atoms with Crippen LogP contribution in [0.1, 0.15) is 12.5 Å². The maximum absolute atomic E-state index is 11.1. The molecule has 0 aliphatic rings. The molecule has 0 aliphatic carbocycles. The molecule has 0 heterocycles. The standard InChI is InChI=1S/C12H13NO4/c1-2-17-12(16)13-10-6-3-9(4-7-10)5-8-11(14)15/h3-8H,2H2,1H3,(H,13,16)(H,14,15)/b8-5+. The average Bonchev–Trinajstić information content (AvgIpc) is 2.28. The number of nitrogens with one attached hydrogen (secondary N) is 1. The molecule has 1 rings (SSSR count). The van der Waals surface area contributed by atoms with Gasteiger partial charge in [-0.05, 0) is 30.7 Å². The number of aliphatic carboxylic acids is 1. The summed E-state index contributed by atoms with van der Waals surface area (Å²) in [7, 11) is 0. The van der Waals surface area contributed by atoms with E-state index in [0.717, 1.165) is 11.6 Å². The van der Waals surface area contributed by atoms with Crippen molar-refractivity contribution in [3.63, 3.8) is 0 Å². The van der Waals surface area contributed by atoms with Crippen molar-refractivity contribution in [1.82, 2.24) is 0 Å². The number of carbonyl (C=O) groups excluding carboxylic acids is 1. The van der Waals surface area contributed by atoms with E-state index in [-0.39, 0.29) is 0 Å². The van der Waals surface area contributed by atoms with Crippen molar-refractivity contribution >= 4 is 23.8 Å². The fraction of sp³-hybridized carbons (Fsp3) is 0.167. The normalized spacial score (nSPS) is 10.2. The molecule has 0 saturated carbocycles. The molecule has 5 nitrogen and oxygen atoms in total. The lowest BCUT2D eigenvalue weighted by Crippen LogP contribution is -2.13. The number of benzene rings is 1. The van der Waals surface area contributed by atoms with Crippen LogP contribution in [0.4, 0.5) is 10.5 Å². The first kappa shape index (κ1) is 12.8. The van der Waals surface area contributed by atoms with Crippen molar-refractivity contribution in [3.8, 4) is 0 Å². The third-order valence-electron chi connectivity index (χ3n) is 1.85. The van der Waals surface area contributed by atoms with Gasteiger partial charge in [0.1, 0.15) is 0 Å². The van der Waals surface area contributed by atoms with E-state index in [2.05, 4.69) is 5.32 Å². The molecule has 17 heavy (non-hydrogen) atoms. The zero-order valence-electron chi connectivity index (χ0n) is 9.34. The average molecular weight is 235 g/mol. The van der Waals surface area contributed by atoms with Gasteiger partial charge in [0, 0.05) is 11.8 Å².